The summed E-state index contributed by atoms with van der Waals surface area (Å²) in [5, 5.41) is 43.5. The lowest BCUT2D eigenvalue weighted by atomic mass is 9.88. The number of carbonyl (C=O) groups is 2. The Bertz CT molecular complexity index is 1190. The second-order valence-electron chi connectivity index (χ2n) is 15.7. The van der Waals surface area contributed by atoms with Crippen LogP contribution in [0.15, 0.2) is 36.5 Å². The summed E-state index contributed by atoms with van der Waals surface area (Å²) in [5.41, 5.74) is -2.65. The van der Waals surface area contributed by atoms with Crippen molar-refractivity contribution in [1.82, 2.24) is 9.80 Å². The minimum atomic E-state index is -1.49. The van der Waals surface area contributed by atoms with Crippen LogP contribution in [0.2, 0.25) is 0 Å². The van der Waals surface area contributed by atoms with Gasteiger partial charge in [0.1, 0.15) is 11.7 Å². The first-order chi connectivity index (χ1) is 23.6. The maximum absolute atomic E-state index is 13.3. The van der Waals surface area contributed by atoms with Gasteiger partial charge in [-0.05, 0) is 57.6 Å². The molecule has 0 aromatic carbocycles. The molecule has 3 saturated heterocycles. The number of hydrogen-bond acceptors (Lipinski definition) is 11. The standard InChI is InChI=1S/C38H62N2O10/c1-25(2)34(43)27(4)35-31(49-35)24-37(5,45)15-8-7-9-30-26(3)10-11-32(38(6,46)16-12-29(41)23-33(42)48-30)50-36(44)40-19-17-39(18-20-40)28-13-21-47-22-14-28/h7-11,15,25-32,34-35,41,43,45-46H,12-14,16-24H2,1-6H3/b9-7+,11-10-,15-8+. The Balaban J connectivity index is 1.38. The molecular formula is C38H62N2O10. The molecule has 284 valence electrons. The summed E-state index contributed by atoms with van der Waals surface area (Å²) in [7, 11) is 0. The van der Waals surface area contributed by atoms with Crippen LogP contribution in [0.3, 0.4) is 0 Å². The number of aliphatic hydroxyl groups excluding tert-OH is 2. The predicted molar refractivity (Wildman–Crippen MR) is 188 cm³/mol. The van der Waals surface area contributed by atoms with Crippen LogP contribution in [0.4, 0.5) is 4.79 Å². The van der Waals surface area contributed by atoms with Gasteiger partial charge in [-0.25, -0.2) is 4.79 Å². The molecule has 4 aliphatic heterocycles. The van der Waals surface area contributed by atoms with E-state index in [1.54, 1.807) is 55.2 Å². The van der Waals surface area contributed by atoms with Crippen LogP contribution in [-0.4, -0.2) is 136 Å². The smallest absolute Gasteiger partial charge is 0.410 e. The highest BCUT2D eigenvalue weighted by Gasteiger charge is 2.48. The fourth-order valence-electron chi connectivity index (χ4n) is 7.18. The number of allylic oxidation sites excluding steroid dienone is 2. The van der Waals surface area contributed by atoms with Crippen LogP contribution in [0, 0.1) is 17.8 Å². The van der Waals surface area contributed by atoms with E-state index in [4.69, 9.17) is 18.9 Å². The third-order valence-electron chi connectivity index (χ3n) is 10.7. The molecule has 12 heteroatoms. The highest BCUT2D eigenvalue weighted by atomic mass is 16.6. The van der Waals surface area contributed by atoms with Crippen molar-refractivity contribution in [2.45, 2.75) is 134 Å². The van der Waals surface area contributed by atoms with E-state index in [9.17, 15) is 30.0 Å². The summed E-state index contributed by atoms with van der Waals surface area (Å²) >= 11 is 0. The molecule has 10 atom stereocenters. The first kappa shape index (κ1) is 40.5. The van der Waals surface area contributed by atoms with E-state index in [0.717, 1.165) is 39.1 Å². The van der Waals surface area contributed by atoms with Gasteiger partial charge in [0, 0.05) is 63.7 Å². The Morgan fingerprint density at radius 2 is 1.80 bits per heavy atom. The Kier molecular flexibility index (Phi) is 14.5. The zero-order chi connectivity index (χ0) is 36.6. The van der Waals surface area contributed by atoms with Gasteiger partial charge in [0.05, 0.1) is 36.4 Å². The van der Waals surface area contributed by atoms with Gasteiger partial charge in [-0.15, -0.1) is 0 Å². The normalized spacial score (nSPS) is 35.6. The highest BCUT2D eigenvalue weighted by molar-refractivity contribution is 5.70. The zero-order valence-electron chi connectivity index (χ0n) is 30.9. The van der Waals surface area contributed by atoms with Gasteiger partial charge < -0.3 is 44.3 Å². The molecule has 1 amide bonds. The quantitative estimate of drug-likeness (QED) is 0.114. The van der Waals surface area contributed by atoms with Gasteiger partial charge in [-0.1, -0.05) is 52.0 Å². The van der Waals surface area contributed by atoms with Crippen LogP contribution >= 0.6 is 0 Å². The number of nitrogens with zero attached hydrogens (tertiary/aromatic N) is 2. The number of epoxide rings is 1. The van der Waals surface area contributed by atoms with E-state index in [-0.39, 0.29) is 49.2 Å². The lowest BCUT2D eigenvalue weighted by Crippen LogP contribution is -2.54. The van der Waals surface area contributed by atoms with Gasteiger partial charge in [-0.3, -0.25) is 9.69 Å². The van der Waals surface area contributed by atoms with Crippen LogP contribution in [0.5, 0.6) is 0 Å². The van der Waals surface area contributed by atoms with Gasteiger partial charge >= 0.3 is 12.1 Å². The molecule has 0 aliphatic carbocycles. The van der Waals surface area contributed by atoms with Crippen molar-refractivity contribution in [2.75, 3.05) is 39.4 Å². The highest BCUT2D eigenvalue weighted by Crippen LogP contribution is 2.38. The molecule has 0 spiro atoms. The van der Waals surface area contributed by atoms with E-state index in [1.165, 1.54) is 0 Å². The minimum Gasteiger partial charge on any atom is -0.457 e. The van der Waals surface area contributed by atoms with Crippen molar-refractivity contribution in [1.29, 1.82) is 0 Å². The fraction of sp³-hybridized carbons (Fsp3) is 0.789. The Labute approximate surface area is 298 Å². The van der Waals surface area contributed by atoms with Crippen molar-refractivity contribution in [3.05, 3.63) is 36.5 Å². The second kappa shape index (κ2) is 17.9. The average Bonchev–Trinajstić information content (AvgIpc) is 3.84. The molecule has 0 bridgehead atoms. The van der Waals surface area contributed by atoms with Crippen LogP contribution in [0.25, 0.3) is 0 Å². The van der Waals surface area contributed by atoms with E-state index < -0.39 is 47.7 Å². The monoisotopic (exact) mass is 706 g/mol. The first-order valence-corrected chi connectivity index (χ1v) is 18.5. The topological polar surface area (TPSA) is 162 Å². The molecule has 4 N–H and O–H groups in total. The first-order valence-electron chi connectivity index (χ1n) is 18.5. The molecule has 4 rings (SSSR count). The van der Waals surface area contributed by atoms with E-state index >= 15 is 0 Å². The van der Waals surface area contributed by atoms with Crippen LogP contribution in [0.1, 0.15) is 80.1 Å². The van der Waals surface area contributed by atoms with E-state index in [2.05, 4.69) is 4.90 Å². The van der Waals surface area contributed by atoms with E-state index in [1.807, 2.05) is 27.7 Å². The van der Waals surface area contributed by atoms with Crippen molar-refractivity contribution < 1.29 is 49.0 Å². The Morgan fingerprint density at radius 3 is 2.46 bits per heavy atom. The lowest BCUT2D eigenvalue weighted by Gasteiger charge is -2.41. The number of cyclic esters (lactones) is 1. The second-order valence-corrected chi connectivity index (χ2v) is 15.7. The number of carbonyl (C=O) groups excluding carboxylic acids is 2. The van der Waals surface area contributed by atoms with Gasteiger partial charge in [0.25, 0.3) is 0 Å². The van der Waals surface area contributed by atoms with Crippen LogP contribution < -0.4 is 0 Å². The Hall–Kier alpha value is -2.32. The number of piperazine rings is 1. The van der Waals surface area contributed by atoms with Gasteiger partial charge in [0.2, 0.25) is 0 Å². The number of amides is 1. The van der Waals surface area contributed by atoms with Crippen molar-refractivity contribution in [3.63, 3.8) is 0 Å². The molecule has 12 nitrogen and oxygen atoms in total. The molecule has 0 saturated carbocycles. The molecule has 10 unspecified atom stereocenters. The van der Waals surface area contributed by atoms with Crippen molar-refractivity contribution in [2.24, 2.45) is 17.8 Å². The summed E-state index contributed by atoms with van der Waals surface area (Å²) in [5.74, 6) is -0.863. The molecule has 0 aromatic heterocycles. The Morgan fingerprint density at radius 1 is 1.12 bits per heavy atom. The summed E-state index contributed by atoms with van der Waals surface area (Å²) in [6, 6.07) is 0.467. The summed E-state index contributed by atoms with van der Waals surface area (Å²) < 4.78 is 23.0. The number of aliphatic hydroxyl groups is 4. The largest absolute Gasteiger partial charge is 0.457 e. The predicted octanol–water partition coefficient (Wildman–Crippen LogP) is 3.36. The minimum absolute atomic E-state index is 0.0340. The molecule has 4 heterocycles. The van der Waals surface area contributed by atoms with Crippen molar-refractivity contribution in [3.8, 4) is 0 Å². The molecule has 50 heavy (non-hydrogen) atoms. The fourth-order valence-corrected chi connectivity index (χ4v) is 7.18. The SMILES string of the molecule is CC(C)C(O)C(C)C1OC1CC(C)(O)/C=C/C=C/C1OC(=O)CC(O)CCC(C)(O)C(OC(=O)N2CCN(C3CCOCC3)CC2)/C=C\C1C. The number of ether oxygens (including phenoxy) is 4. The number of esters is 1. The third-order valence-corrected chi connectivity index (χ3v) is 10.7. The van der Waals surface area contributed by atoms with Gasteiger partial charge in [-0.2, -0.15) is 0 Å². The van der Waals surface area contributed by atoms with Crippen LogP contribution in [-0.2, 0) is 23.7 Å². The molecule has 0 aromatic rings. The summed E-state index contributed by atoms with van der Waals surface area (Å²) in [6.45, 7) is 15.1. The van der Waals surface area contributed by atoms with Gasteiger partial charge in [0.15, 0.2) is 6.10 Å². The molecule has 0 radical (unpaired) electrons. The number of rotatable bonds is 10. The molecular weight excluding hydrogens is 644 g/mol. The van der Waals surface area contributed by atoms with Crippen molar-refractivity contribution >= 4 is 12.1 Å². The summed E-state index contributed by atoms with van der Waals surface area (Å²) in [4.78, 5) is 30.2. The number of hydrogen-bond donors (Lipinski definition) is 4. The zero-order valence-corrected chi connectivity index (χ0v) is 30.9. The average molecular weight is 707 g/mol. The summed E-state index contributed by atoms with van der Waals surface area (Å²) in [6.07, 6.45) is 8.51. The maximum Gasteiger partial charge on any atom is 0.410 e. The third kappa shape index (κ3) is 11.9. The lowest BCUT2D eigenvalue weighted by molar-refractivity contribution is -0.151. The van der Waals surface area contributed by atoms with E-state index in [0.29, 0.717) is 25.6 Å². The molecule has 3 fully saturated rings. The molecule has 4 aliphatic rings. The maximum atomic E-state index is 13.3.